The fraction of sp³-hybridized carbons (Fsp3) is 0.359. The molecule has 0 N–H and O–H groups in total. The number of ether oxygens (including phenoxy) is 6. The number of carbonyl (C=O) groups is 1. The van der Waals surface area contributed by atoms with Crippen molar-refractivity contribution in [2.75, 3.05) is 40.5 Å². The Hall–Kier alpha value is -4.91. The number of piperidine rings is 1. The minimum atomic E-state index is -0.739. The van der Waals surface area contributed by atoms with E-state index >= 15 is 0 Å². The SMILES string of the molecule is COc1cc(COC2CN(OC(=O)OC(C)(C)C)CCC2c2ccc(OCC#CCOc3ccccc3)cc2)c(OC)c2ccccc12. The molecule has 1 saturated heterocycles. The van der Waals surface area contributed by atoms with Gasteiger partial charge in [0.25, 0.3) is 0 Å². The van der Waals surface area contributed by atoms with Gasteiger partial charge in [0.1, 0.15) is 41.8 Å². The molecule has 0 saturated carbocycles. The van der Waals surface area contributed by atoms with Crippen LogP contribution in [0.3, 0.4) is 0 Å². The highest BCUT2D eigenvalue weighted by molar-refractivity contribution is 5.94. The predicted octanol–water partition coefficient (Wildman–Crippen LogP) is 7.56. The summed E-state index contributed by atoms with van der Waals surface area (Å²) in [6, 6.07) is 27.5. The average Bonchev–Trinajstić information content (AvgIpc) is 3.08. The van der Waals surface area contributed by atoms with Gasteiger partial charge in [0.05, 0.1) is 33.5 Å². The molecule has 1 aliphatic heterocycles. The number of nitrogens with zero attached hydrogens (tertiary/aromatic N) is 1. The number of hydroxylamine groups is 2. The molecule has 9 nitrogen and oxygen atoms in total. The Kier molecular flexibility index (Phi) is 11.7. The first kappa shape index (κ1) is 34.4. The van der Waals surface area contributed by atoms with Crippen molar-refractivity contribution in [3.8, 4) is 34.8 Å². The Balaban J connectivity index is 1.27. The molecule has 0 amide bonds. The zero-order valence-electron chi connectivity index (χ0n) is 28.2. The number of methoxy groups -OCH3 is 2. The minimum Gasteiger partial charge on any atom is -0.496 e. The highest BCUT2D eigenvalue weighted by Gasteiger charge is 2.34. The molecule has 252 valence electrons. The van der Waals surface area contributed by atoms with Gasteiger partial charge in [-0.15, -0.1) is 5.06 Å². The Morgan fingerprint density at radius 1 is 0.833 bits per heavy atom. The largest absolute Gasteiger partial charge is 0.528 e. The van der Waals surface area contributed by atoms with Gasteiger partial charge in [-0.3, -0.25) is 0 Å². The summed E-state index contributed by atoms with van der Waals surface area (Å²) in [5, 5.41) is 3.52. The summed E-state index contributed by atoms with van der Waals surface area (Å²) < 4.78 is 35.0. The van der Waals surface area contributed by atoms with Crippen molar-refractivity contribution in [2.24, 2.45) is 0 Å². The van der Waals surface area contributed by atoms with E-state index in [4.69, 9.17) is 33.3 Å². The van der Waals surface area contributed by atoms with Crippen LogP contribution in [0.1, 0.15) is 44.2 Å². The van der Waals surface area contributed by atoms with Crippen LogP contribution in [0.4, 0.5) is 4.79 Å². The van der Waals surface area contributed by atoms with Crippen LogP contribution in [-0.4, -0.2) is 63.4 Å². The number of hydrogen-bond donors (Lipinski definition) is 0. The molecule has 4 aromatic carbocycles. The number of hydrogen-bond acceptors (Lipinski definition) is 9. The highest BCUT2D eigenvalue weighted by atomic mass is 16.8. The molecule has 2 atom stereocenters. The zero-order chi connectivity index (χ0) is 33.9. The first-order valence-corrected chi connectivity index (χ1v) is 16.0. The van der Waals surface area contributed by atoms with Crippen molar-refractivity contribution in [2.45, 2.75) is 51.4 Å². The second-order valence-corrected chi connectivity index (χ2v) is 12.3. The molecule has 1 heterocycles. The molecule has 0 radical (unpaired) electrons. The van der Waals surface area contributed by atoms with Crippen LogP contribution in [0.5, 0.6) is 23.0 Å². The second kappa shape index (κ2) is 16.3. The van der Waals surface area contributed by atoms with Crippen molar-refractivity contribution < 1.29 is 38.1 Å². The quantitative estimate of drug-likeness (QED) is 0.120. The Morgan fingerprint density at radius 2 is 1.48 bits per heavy atom. The molecule has 5 rings (SSSR count). The standard InChI is InChI=1S/C39H43NO8/c1-39(2,3)47-38(41)48-40-22-21-32(28-17-19-31(20-18-28)45-24-12-11-23-44-30-13-7-6-8-14-30)36(26-40)46-27-29-25-35(42-4)33-15-9-10-16-34(33)37(29)43-5/h6-10,13-20,25,32,36H,21-24,26-27H2,1-5H3. The van der Waals surface area contributed by atoms with Gasteiger partial charge in [-0.25, -0.2) is 4.79 Å². The van der Waals surface area contributed by atoms with E-state index in [-0.39, 0.29) is 25.2 Å². The zero-order valence-corrected chi connectivity index (χ0v) is 28.2. The van der Waals surface area contributed by atoms with Crippen molar-refractivity contribution in [3.63, 3.8) is 0 Å². The van der Waals surface area contributed by atoms with E-state index in [0.29, 0.717) is 31.9 Å². The van der Waals surface area contributed by atoms with E-state index in [2.05, 4.69) is 11.8 Å². The fourth-order valence-corrected chi connectivity index (χ4v) is 5.65. The maximum atomic E-state index is 12.5. The van der Waals surface area contributed by atoms with Gasteiger partial charge < -0.3 is 33.3 Å². The van der Waals surface area contributed by atoms with E-state index in [1.54, 1.807) is 40.1 Å². The molecule has 9 heteroatoms. The molecular formula is C39H43NO8. The van der Waals surface area contributed by atoms with Crippen molar-refractivity contribution in [1.29, 1.82) is 0 Å². The minimum absolute atomic E-state index is 0.0285. The van der Waals surface area contributed by atoms with E-state index in [1.807, 2.05) is 84.9 Å². The molecule has 1 aliphatic rings. The summed E-state index contributed by atoms with van der Waals surface area (Å²) >= 11 is 0. The van der Waals surface area contributed by atoms with E-state index in [9.17, 15) is 4.79 Å². The summed E-state index contributed by atoms with van der Waals surface area (Å²) in [6.45, 7) is 7.10. The molecule has 2 unspecified atom stereocenters. The summed E-state index contributed by atoms with van der Waals surface area (Å²) in [4.78, 5) is 18.1. The average molecular weight is 654 g/mol. The van der Waals surface area contributed by atoms with Gasteiger partial charge in [-0.2, -0.15) is 0 Å². The van der Waals surface area contributed by atoms with Crippen LogP contribution in [0.25, 0.3) is 10.8 Å². The molecule has 1 fully saturated rings. The van der Waals surface area contributed by atoms with Crippen LogP contribution < -0.4 is 18.9 Å². The summed E-state index contributed by atoms with van der Waals surface area (Å²) in [5.41, 5.74) is 1.29. The Labute approximate surface area is 282 Å². The molecule has 0 spiro atoms. The number of fused-ring (bicyclic) bond motifs is 1. The van der Waals surface area contributed by atoms with Crippen LogP contribution >= 0.6 is 0 Å². The van der Waals surface area contributed by atoms with Gasteiger partial charge >= 0.3 is 6.16 Å². The van der Waals surface area contributed by atoms with Gasteiger partial charge in [0.15, 0.2) is 0 Å². The monoisotopic (exact) mass is 653 g/mol. The molecule has 48 heavy (non-hydrogen) atoms. The van der Waals surface area contributed by atoms with Crippen molar-refractivity contribution in [1.82, 2.24) is 5.06 Å². The lowest BCUT2D eigenvalue weighted by atomic mass is 9.87. The number of para-hydroxylation sites is 1. The second-order valence-electron chi connectivity index (χ2n) is 12.3. The van der Waals surface area contributed by atoms with Crippen LogP contribution in [0, 0.1) is 11.8 Å². The molecular weight excluding hydrogens is 610 g/mol. The maximum absolute atomic E-state index is 12.5. The molecule has 0 aliphatic carbocycles. The summed E-state index contributed by atoms with van der Waals surface area (Å²) in [7, 11) is 3.31. The molecule has 0 aromatic heterocycles. The number of carbonyl (C=O) groups excluding carboxylic acids is 1. The van der Waals surface area contributed by atoms with Gasteiger partial charge in [0.2, 0.25) is 0 Å². The number of benzene rings is 4. The molecule has 0 bridgehead atoms. The third-order valence-electron chi connectivity index (χ3n) is 7.82. The summed E-state index contributed by atoms with van der Waals surface area (Å²) in [5.74, 6) is 8.97. The molecule has 4 aromatic rings. The lowest BCUT2D eigenvalue weighted by Crippen LogP contribution is -2.45. The fourth-order valence-electron chi connectivity index (χ4n) is 5.65. The maximum Gasteiger partial charge on any atom is 0.528 e. The van der Waals surface area contributed by atoms with Gasteiger partial charge in [-0.05, 0) is 63.1 Å². The Bertz CT molecular complexity index is 1710. The van der Waals surface area contributed by atoms with E-state index < -0.39 is 11.8 Å². The van der Waals surface area contributed by atoms with E-state index in [1.165, 1.54) is 0 Å². The normalized spacial score (nSPS) is 16.4. The third-order valence-corrected chi connectivity index (χ3v) is 7.82. The van der Waals surface area contributed by atoms with Crippen LogP contribution in [-0.2, 0) is 20.9 Å². The lowest BCUT2D eigenvalue weighted by Gasteiger charge is -2.37. The van der Waals surface area contributed by atoms with Gasteiger partial charge in [-0.1, -0.05) is 66.4 Å². The topological polar surface area (TPSA) is 84.9 Å². The Morgan fingerprint density at radius 3 is 2.12 bits per heavy atom. The first-order valence-electron chi connectivity index (χ1n) is 16.0. The lowest BCUT2D eigenvalue weighted by molar-refractivity contribution is -0.179. The predicted molar refractivity (Wildman–Crippen MR) is 184 cm³/mol. The van der Waals surface area contributed by atoms with E-state index in [0.717, 1.165) is 39.1 Å². The van der Waals surface area contributed by atoms with Crippen molar-refractivity contribution >= 4 is 16.9 Å². The van der Waals surface area contributed by atoms with Crippen molar-refractivity contribution in [3.05, 3.63) is 96.1 Å². The first-order chi connectivity index (χ1) is 23.2. The van der Waals surface area contributed by atoms with Crippen LogP contribution in [0.2, 0.25) is 0 Å². The smallest absolute Gasteiger partial charge is 0.496 e. The van der Waals surface area contributed by atoms with Crippen LogP contribution in [0.15, 0.2) is 84.9 Å². The third kappa shape index (κ3) is 9.34. The number of rotatable bonds is 11. The highest BCUT2D eigenvalue weighted by Crippen LogP contribution is 2.38. The summed E-state index contributed by atoms with van der Waals surface area (Å²) in [6.07, 6.45) is -0.360. The van der Waals surface area contributed by atoms with Gasteiger partial charge in [0, 0.05) is 28.8 Å².